The van der Waals surface area contributed by atoms with E-state index in [9.17, 15) is 9.59 Å². The highest BCUT2D eigenvalue weighted by molar-refractivity contribution is 6.31. The zero-order valence-corrected chi connectivity index (χ0v) is 17.7. The Kier molecular flexibility index (Phi) is 6.22. The second-order valence-corrected chi connectivity index (χ2v) is 7.02. The molecule has 0 radical (unpaired) electrons. The van der Waals surface area contributed by atoms with Crippen molar-refractivity contribution in [1.82, 2.24) is 29.5 Å². The van der Waals surface area contributed by atoms with Crippen LogP contribution < -0.4 is 5.32 Å². The Hall–Kier alpha value is -4.05. The summed E-state index contributed by atoms with van der Waals surface area (Å²) in [6, 6.07) is 10.3. The van der Waals surface area contributed by atoms with Crippen LogP contribution in [0.2, 0.25) is 5.02 Å². The van der Waals surface area contributed by atoms with E-state index in [0.29, 0.717) is 34.3 Å². The maximum absolute atomic E-state index is 12.6. The lowest BCUT2D eigenvalue weighted by molar-refractivity contribution is -0.119. The first kappa shape index (κ1) is 21.2. The third-order valence-corrected chi connectivity index (χ3v) is 4.76. The summed E-state index contributed by atoms with van der Waals surface area (Å²) in [7, 11) is 0. The maximum Gasteiger partial charge on any atom is 0.342 e. The normalized spacial score (nSPS) is 10.7. The predicted octanol–water partition coefficient (Wildman–Crippen LogP) is 2.86. The van der Waals surface area contributed by atoms with E-state index in [-0.39, 0.29) is 5.56 Å². The molecule has 0 saturated carbocycles. The number of hydrogen-bond donors (Lipinski definition) is 1. The van der Waals surface area contributed by atoms with Crippen molar-refractivity contribution in [3.05, 3.63) is 77.7 Å². The van der Waals surface area contributed by atoms with Gasteiger partial charge in [-0.1, -0.05) is 24.6 Å². The van der Waals surface area contributed by atoms with Gasteiger partial charge in [-0.2, -0.15) is 10.2 Å². The molecule has 1 N–H and O–H groups in total. The van der Waals surface area contributed by atoms with Gasteiger partial charge in [-0.3, -0.25) is 4.79 Å². The van der Waals surface area contributed by atoms with Crippen molar-refractivity contribution in [3.8, 4) is 11.5 Å². The number of benzene rings is 1. The molecular formula is C21H18ClN7O3. The quantitative estimate of drug-likeness (QED) is 0.429. The number of ether oxygens (including phenoxy) is 1. The van der Waals surface area contributed by atoms with Gasteiger partial charge in [0, 0.05) is 11.2 Å². The average Bonchev–Trinajstić information content (AvgIpc) is 3.48. The Morgan fingerprint density at radius 2 is 2.06 bits per heavy atom. The molecule has 4 aromatic rings. The van der Waals surface area contributed by atoms with E-state index in [1.807, 2.05) is 13.0 Å². The number of carbonyl (C=O) groups is 2. The Bertz CT molecular complexity index is 1240. The van der Waals surface area contributed by atoms with Gasteiger partial charge in [0.25, 0.3) is 5.91 Å². The number of nitrogens with zero attached hydrogens (tertiary/aromatic N) is 6. The molecule has 162 valence electrons. The molecule has 0 fully saturated rings. The fourth-order valence-electron chi connectivity index (χ4n) is 3.10. The van der Waals surface area contributed by atoms with E-state index in [2.05, 4.69) is 25.5 Å². The van der Waals surface area contributed by atoms with Crippen LogP contribution in [0, 0.1) is 0 Å². The van der Waals surface area contributed by atoms with Gasteiger partial charge in [-0.05, 0) is 36.8 Å². The zero-order chi connectivity index (χ0) is 22.5. The monoisotopic (exact) mass is 451 g/mol. The van der Waals surface area contributed by atoms with E-state index in [1.54, 1.807) is 41.2 Å². The number of esters is 1. The maximum atomic E-state index is 12.6. The van der Waals surface area contributed by atoms with Gasteiger partial charge in [-0.15, -0.1) is 0 Å². The molecule has 0 saturated heterocycles. The fraction of sp³-hybridized carbons (Fsp3) is 0.143. The van der Waals surface area contributed by atoms with Gasteiger partial charge in [-0.25, -0.2) is 24.1 Å². The molecular weight excluding hydrogens is 434 g/mol. The number of rotatable bonds is 7. The van der Waals surface area contributed by atoms with Crippen LogP contribution in [0.3, 0.4) is 0 Å². The Balaban J connectivity index is 1.45. The van der Waals surface area contributed by atoms with Crippen molar-refractivity contribution < 1.29 is 14.3 Å². The molecule has 0 atom stereocenters. The summed E-state index contributed by atoms with van der Waals surface area (Å²) in [5.74, 6) is -0.596. The van der Waals surface area contributed by atoms with Gasteiger partial charge in [0.2, 0.25) is 0 Å². The minimum absolute atomic E-state index is 0.275. The van der Waals surface area contributed by atoms with Gasteiger partial charge >= 0.3 is 5.97 Å². The van der Waals surface area contributed by atoms with Crippen molar-refractivity contribution in [2.24, 2.45) is 0 Å². The number of pyridine rings is 1. The molecule has 0 bridgehead atoms. The molecule has 3 heterocycles. The molecule has 0 unspecified atom stereocenters. The Morgan fingerprint density at radius 3 is 2.78 bits per heavy atom. The number of carbonyl (C=O) groups excluding carboxylic acids is 2. The summed E-state index contributed by atoms with van der Waals surface area (Å²) in [6.07, 6.45) is 6.44. The lowest BCUT2D eigenvalue weighted by atomic mass is 10.2. The van der Waals surface area contributed by atoms with Crippen molar-refractivity contribution in [2.75, 3.05) is 11.9 Å². The molecule has 32 heavy (non-hydrogen) atoms. The highest BCUT2D eigenvalue weighted by Crippen LogP contribution is 2.24. The number of aromatic nitrogens is 6. The van der Waals surface area contributed by atoms with Crippen LogP contribution in [0.15, 0.2) is 61.4 Å². The number of amides is 1. The fourth-order valence-corrected chi connectivity index (χ4v) is 3.27. The van der Waals surface area contributed by atoms with Crippen molar-refractivity contribution in [3.63, 3.8) is 0 Å². The van der Waals surface area contributed by atoms with Crippen LogP contribution in [0.4, 0.5) is 5.69 Å². The van der Waals surface area contributed by atoms with E-state index >= 15 is 0 Å². The smallest absolute Gasteiger partial charge is 0.342 e. The number of nitrogens with one attached hydrogen (secondary N) is 1. The minimum atomic E-state index is -0.651. The molecule has 0 aliphatic carbocycles. The van der Waals surface area contributed by atoms with Crippen LogP contribution in [0.25, 0.3) is 11.5 Å². The lowest BCUT2D eigenvalue weighted by Crippen LogP contribution is -2.22. The molecule has 1 aromatic carbocycles. The summed E-state index contributed by atoms with van der Waals surface area (Å²) < 4.78 is 8.28. The predicted molar refractivity (Wildman–Crippen MR) is 116 cm³/mol. The SMILES string of the molecule is CCc1c(C(=O)OCC(=O)Nc2cc(Cl)ccc2-n2cncn2)cnn1-c1ccccn1. The lowest BCUT2D eigenvalue weighted by Gasteiger charge is -2.12. The van der Waals surface area contributed by atoms with Crippen molar-refractivity contribution in [2.45, 2.75) is 13.3 Å². The molecule has 0 aliphatic heterocycles. The molecule has 0 aliphatic rings. The summed E-state index contributed by atoms with van der Waals surface area (Å²) in [5.41, 5.74) is 1.88. The third kappa shape index (κ3) is 4.49. The Morgan fingerprint density at radius 1 is 1.19 bits per heavy atom. The van der Waals surface area contributed by atoms with Gasteiger partial charge in [0.15, 0.2) is 12.4 Å². The molecule has 3 aromatic heterocycles. The number of halogens is 1. The van der Waals surface area contributed by atoms with Gasteiger partial charge in [0.05, 0.1) is 23.3 Å². The summed E-state index contributed by atoms with van der Waals surface area (Å²) >= 11 is 6.06. The molecule has 4 rings (SSSR count). The largest absolute Gasteiger partial charge is 0.452 e. The summed E-state index contributed by atoms with van der Waals surface area (Å²) in [4.78, 5) is 33.2. The zero-order valence-electron chi connectivity index (χ0n) is 17.0. The first-order valence-electron chi connectivity index (χ1n) is 9.66. The van der Waals surface area contributed by atoms with Crippen molar-refractivity contribution in [1.29, 1.82) is 0 Å². The second-order valence-electron chi connectivity index (χ2n) is 6.58. The Labute approximate surface area is 187 Å². The first-order chi connectivity index (χ1) is 15.6. The van der Waals surface area contributed by atoms with E-state index in [1.165, 1.54) is 23.5 Å². The van der Waals surface area contributed by atoms with Crippen LogP contribution in [0.1, 0.15) is 23.0 Å². The van der Waals surface area contributed by atoms with Crippen LogP contribution in [-0.4, -0.2) is 48.0 Å². The minimum Gasteiger partial charge on any atom is -0.452 e. The first-order valence-corrected chi connectivity index (χ1v) is 10.0. The standard InChI is InChI=1S/C21H18ClN7O3/c1-2-17-15(10-25-29(17)19-5-3-4-8-24-19)21(31)32-11-20(30)27-16-9-14(22)6-7-18(16)28-13-23-12-26-28/h3-10,12-13H,2,11H2,1H3,(H,27,30). The second kappa shape index (κ2) is 9.40. The highest BCUT2D eigenvalue weighted by atomic mass is 35.5. The third-order valence-electron chi connectivity index (χ3n) is 4.52. The van der Waals surface area contributed by atoms with E-state index in [0.717, 1.165) is 0 Å². The van der Waals surface area contributed by atoms with Crippen LogP contribution in [0.5, 0.6) is 0 Å². The van der Waals surface area contributed by atoms with Crippen LogP contribution in [-0.2, 0) is 16.0 Å². The highest BCUT2D eigenvalue weighted by Gasteiger charge is 2.20. The molecule has 10 nitrogen and oxygen atoms in total. The topological polar surface area (TPSA) is 117 Å². The van der Waals surface area contributed by atoms with Gasteiger partial charge < -0.3 is 10.1 Å². The number of hydrogen-bond acceptors (Lipinski definition) is 7. The van der Waals surface area contributed by atoms with E-state index < -0.39 is 18.5 Å². The van der Waals surface area contributed by atoms with E-state index in [4.69, 9.17) is 16.3 Å². The summed E-state index contributed by atoms with van der Waals surface area (Å²) in [5, 5.41) is 11.4. The molecule has 11 heteroatoms. The summed E-state index contributed by atoms with van der Waals surface area (Å²) in [6.45, 7) is 1.41. The molecule has 0 spiro atoms. The number of anilines is 1. The average molecular weight is 452 g/mol. The van der Waals surface area contributed by atoms with Gasteiger partial charge in [0.1, 0.15) is 18.2 Å². The van der Waals surface area contributed by atoms with Crippen LogP contribution >= 0.6 is 11.6 Å². The molecule has 1 amide bonds. The van der Waals surface area contributed by atoms with Crippen molar-refractivity contribution >= 4 is 29.2 Å².